The molecular formula is C17H15BrFN5. The molecular weight excluding hydrogens is 373 g/mol. The minimum atomic E-state index is -0.227. The molecule has 0 unspecified atom stereocenters. The van der Waals surface area contributed by atoms with Crippen LogP contribution in [0, 0.1) is 5.82 Å². The lowest BCUT2D eigenvalue weighted by Gasteiger charge is -2.08. The van der Waals surface area contributed by atoms with Gasteiger partial charge in [0.05, 0.1) is 6.20 Å². The van der Waals surface area contributed by atoms with Crippen LogP contribution in [0.3, 0.4) is 0 Å². The summed E-state index contributed by atoms with van der Waals surface area (Å²) in [6, 6.07) is 14.2. The minimum Gasteiger partial charge on any atom is -0.368 e. The zero-order valence-electron chi connectivity index (χ0n) is 12.7. The summed E-state index contributed by atoms with van der Waals surface area (Å²) in [4.78, 5) is 4.37. The molecule has 0 spiro atoms. The second kappa shape index (κ2) is 7.83. The molecule has 7 heteroatoms. The highest BCUT2D eigenvalue weighted by Gasteiger charge is 2.02. The number of hydrogen-bond acceptors (Lipinski definition) is 5. The topological polar surface area (TPSA) is 62.7 Å². The van der Waals surface area contributed by atoms with Crippen molar-refractivity contribution in [2.75, 3.05) is 17.2 Å². The highest BCUT2D eigenvalue weighted by molar-refractivity contribution is 9.10. The number of nitrogens with one attached hydrogen (secondary N) is 2. The molecule has 0 bridgehead atoms. The average molecular weight is 388 g/mol. The Balaban J connectivity index is 1.57. The van der Waals surface area contributed by atoms with Crippen molar-refractivity contribution in [3.63, 3.8) is 0 Å². The summed E-state index contributed by atoms with van der Waals surface area (Å²) in [5, 5.41) is 14.2. The van der Waals surface area contributed by atoms with Crippen LogP contribution < -0.4 is 10.6 Å². The van der Waals surface area contributed by atoms with Crippen LogP contribution in [0.2, 0.25) is 0 Å². The molecule has 0 saturated carbocycles. The van der Waals surface area contributed by atoms with Crippen molar-refractivity contribution < 1.29 is 4.39 Å². The molecule has 24 heavy (non-hydrogen) atoms. The summed E-state index contributed by atoms with van der Waals surface area (Å²) in [6.45, 7) is 0.667. The highest BCUT2D eigenvalue weighted by Crippen LogP contribution is 2.18. The Labute approximate surface area is 147 Å². The van der Waals surface area contributed by atoms with Crippen LogP contribution >= 0.6 is 15.9 Å². The molecule has 0 aliphatic heterocycles. The van der Waals surface area contributed by atoms with Gasteiger partial charge in [0.2, 0.25) is 5.95 Å². The normalized spacial score (nSPS) is 10.4. The maximum absolute atomic E-state index is 12.9. The zero-order valence-corrected chi connectivity index (χ0v) is 14.3. The van der Waals surface area contributed by atoms with Gasteiger partial charge in [0.25, 0.3) is 0 Å². The molecule has 0 fully saturated rings. The highest BCUT2D eigenvalue weighted by atomic mass is 79.9. The van der Waals surface area contributed by atoms with Gasteiger partial charge in [-0.2, -0.15) is 10.1 Å². The van der Waals surface area contributed by atoms with Crippen LogP contribution in [0.25, 0.3) is 0 Å². The molecule has 0 saturated heterocycles. The van der Waals surface area contributed by atoms with Crippen molar-refractivity contribution in [3.8, 4) is 0 Å². The fraction of sp³-hybridized carbons (Fsp3) is 0.118. The molecule has 1 aromatic heterocycles. The Morgan fingerprint density at radius 3 is 2.71 bits per heavy atom. The first-order chi connectivity index (χ1) is 11.7. The van der Waals surface area contributed by atoms with Gasteiger partial charge in [-0.05, 0) is 42.3 Å². The molecule has 0 radical (unpaired) electrons. The van der Waals surface area contributed by atoms with Gasteiger partial charge in [-0.15, -0.1) is 5.10 Å². The Morgan fingerprint density at radius 1 is 1.08 bits per heavy atom. The average Bonchev–Trinajstić information content (AvgIpc) is 2.57. The maximum atomic E-state index is 12.9. The number of rotatable bonds is 6. The van der Waals surface area contributed by atoms with Gasteiger partial charge in [0, 0.05) is 16.7 Å². The van der Waals surface area contributed by atoms with Crippen LogP contribution in [-0.4, -0.2) is 21.7 Å². The lowest BCUT2D eigenvalue weighted by atomic mass is 10.1. The van der Waals surface area contributed by atoms with Gasteiger partial charge in [-0.25, -0.2) is 4.39 Å². The smallest absolute Gasteiger partial charge is 0.249 e. The summed E-state index contributed by atoms with van der Waals surface area (Å²) < 4.78 is 13.8. The molecule has 0 aliphatic carbocycles. The quantitative estimate of drug-likeness (QED) is 0.664. The van der Waals surface area contributed by atoms with E-state index >= 15 is 0 Å². The third-order valence-electron chi connectivity index (χ3n) is 3.27. The Kier molecular flexibility index (Phi) is 5.32. The van der Waals surface area contributed by atoms with E-state index in [9.17, 15) is 4.39 Å². The molecule has 0 aliphatic rings. The molecule has 0 amide bonds. The molecule has 5 nitrogen and oxygen atoms in total. The summed E-state index contributed by atoms with van der Waals surface area (Å²) in [5.74, 6) is 0.819. The van der Waals surface area contributed by atoms with E-state index < -0.39 is 0 Å². The van der Waals surface area contributed by atoms with Crippen LogP contribution in [-0.2, 0) is 6.42 Å². The van der Waals surface area contributed by atoms with Crippen molar-refractivity contribution in [2.24, 2.45) is 0 Å². The number of anilines is 3. The Bertz CT molecular complexity index is 810. The minimum absolute atomic E-state index is 0.227. The third-order valence-corrected chi connectivity index (χ3v) is 3.77. The monoisotopic (exact) mass is 387 g/mol. The van der Waals surface area contributed by atoms with Gasteiger partial charge in [-0.3, -0.25) is 0 Å². The van der Waals surface area contributed by atoms with Gasteiger partial charge in [0.1, 0.15) is 5.82 Å². The van der Waals surface area contributed by atoms with E-state index in [1.807, 2.05) is 24.3 Å². The molecule has 2 N–H and O–H groups in total. The predicted molar refractivity (Wildman–Crippen MR) is 95.8 cm³/mol. The van der Waals surface area contributed by atoms with Gasteiger partial charge < -0.3 is 10.6 Å². The number of nitrogens with zero attached hydrogens (tertiary/aromatic N) is 3. The molecule has 2 aromatic carbocycles. The number of aromatic nitrogens is 3. The van der Waals surface area contributed by atoms with Gasteiger partial charge in [-0.1, -0.05) is 34.1 Å². The summed E-state index contributed by atoms with van der Waals surface area (Å²) in [7, 11) is 0. The zero-order chi connectivity index (χ0) is 16.8. The first-order valence-corrected chi connectivity index (χ1v) is 8.19. The van der Waals surface area contributed by atoms with E-state index in [1.165, 1.54) is 12.1 Å². The Morgan fingerprint density at radius 2 is 1.92 bits per heavy atom. The van der Waals surface area contributed by atoms with Crippen LogP contribution in [0.1, 0.15) is 5.56 Å². The number of halogens is 2. The Hall–Kier alpha value is -2.54. The predicted octanol–water partition coefficient (Wildman–Crippen LogP) is 4.17. The van der Waals surface area contributed by atoms with Crippen molar-refractivity contribution in [1.29, 1.82) is 0 Å². The van der Waals surface area contributed by atoms with E-state index in [1.54, 1.807) is 18.3 Å². The maximum Gasteiger partial charge on any atom is 0.249 e. The fourth-order valence-corrected chi connectivity index (χ4v) is 2.52. The van der Waals surface area contributed by atoms with E-state index in [0.29, 0.717) is 18.3 Å². The number of benzene rings is 2. The van der Waals surface area contributed by atoms with E-state index in [2.05, 4.69) is 41.7 Å². The van der Waals surface area contributed by atoms with Gasteiger partial charge >= 0.3 is 0 Å². The molecule has 3 aromatic rings. The van der Waals surface area contributed by atoms with E-state index in [-0.39, 0.29) is 5.82 Å². The van der Waals surface area contributed by atoms with Crippen LogP contribution in [0.15, 0.2) is 59.2 Å². The third kappa shape index (κ3) is 4.73. The van der Waals surface area contributed by atoms with Crippen LogP contribution in [0.4, 0.5) is 21.8 Å². The molecule has 0 atom stereocenters. The van der Waals surface area contributed by atoms with Crippen molar-refractivity contribution in [1.82, 2.24) is 15.2 Å². The SMILES string of the molecule is Fc1ccc(CCNc2cnnc(Nc3cccc(Br)c3)n2)cc1. The second-order valence-electron chi connectivity index (χ2n) is 5.10. The summed E-state index contributed by atoms with van der Waals surface area (Å²) >= 11 is 3.42. The first kappa shape index (κ1) is 16.3. The lowest BCUT2D eigenvalue weighted by molar-refractivity contribution is 0.627. The largest absolute Gasteiger partial charge is 0.368 e. The summed E-state index contributed by atoms with van der Waals surface area (Å²) in [6.07, 6.45) is 2.33. The van der Waals surface area contributed by atoms with E-state index in [4.69, 9.17) is 0 Å². The number of hydrogen-bond donors (Lipinski definition) is 2. The fourth-order valence-electron chi connectivity index (χ4n) is 2.12. The van der Waals surface area contributed by atoms with E-state index in [0.717, 1.165) is 22.1 Å². The summed E-state index contributed by atoms with van der Waals surface area (Å²) in [5.41, 5.74) is 1.92. The lowest BCUT2D eigenvalue weighted by Crippen LogP contribution is -2.08. The molecule has 3 rings (SSSR count). The second-order valence-corrected chi connectivity index (χ2v) is 6.02. The van der Waals surface area contributed by atoms with Crippen molar-refractivity contribution in [2.45, 2.75) is 6.42 Å². The molecule has 1 heterocycles. The standard InChI is InChI=1S/C17H15BrFN5/c18-13-2-1-3-15(10-13)22-17-23-16(11-21-24-17)20-9-8-12-4-6-14(19)7-5-12/h1-7,10-11H,8-9H2,(H2,20,22,23,24). The van der Waals surface area contributed by atoms with Crippen LogP contribution in [0.5, 0.6) is 0 Å². The van der Waals surface area contributed by atoms with Gasteiger partial charge in [0.15, 0.2) is 5.82 Å². The first-order valence-electron chi connectivity index (χ1n) is 7.40. The van der Waals surface area contributed by atoms with Crippen molar-refractivity contribution >= 4 is 33.4 Å². The van der Waals surface area contributed by atoms with Crippen molar-refractivity contribution in [3.05, 3.63) is 70.6 Å². The molecule has 122 valence electrons.